The summed E-state index contributed by atoms with van der Waals surface area (Å²) in [5.74, 6) is -2.80. The second-order valence-corrected chi connectivity index (χ2v) is 7.68. The van der Waals surface area contributed by atoms with E-state index in [0.29, 0.717) is 6.61 Å². The van der Waals surface area contributed by atoms with Crippen molar-refractivity contribution < 1.29 is 9.63 Å². The molecule has 0 aliphatic rings. The lowest BCUT2D eigenvalue weighted by Gasteiger charge is -2.29. The van der Waals surface area contributed by atoms with Crippen LogP contribution in [0.3, 0.4) is 0 Å². The lowest BCUT2D eigenvalue weighted by molar-refractivity contribution is 0.139. The van der Waals surface area contributed by atoms with Gasteiger partial charge in [-0.25, -0.2) is 4.67 Å². The first-order valence-corrected chi connectivity index (χ1v) is 7.29. The quantitative estimate of drug-likeness (QED) is 0.732. The Labute approximate surface area is 83.6 Å². The minimum atomic E-state index is -2.80. The molecule has 0 rings (SSSR count). The fraction of sp³-hybridized carbons (Fsp3) is 1.00. The highest BCUT2D eigenvalue weighted by Crippen LogP contribution is 2.51. The monoisotopic (exact) mass is 231 g/mol. The van der Waals surface area contributed by atoms with Crippen molar-refractivity contribution in [3.05, 3.63) is 0 Å². The summed E-state index contributed by atoms with van der Waals surface area (Å²) in [6.45, 7) is 2.54. The van der Waals surface area contributed by atoms with Gasteiger partial charge in [-0.2, -0.15) is 0 Å². The van der Waals surface area contributed by atoms with Crippen molar-refractivity contribution in [1.82, 2.24) is 4.67 Å². The van der Waals surface area contributed by atoms with Crippen LogP contribution >= 0.6 is 17.0 Å². The maximum Gasteiger partial charge on any atom is 0.219 e. The average molecular weight is 232 g/mol. The molecule has 0 aromatic heterocycles. The van der Waals surface area contributed by atoms with E-state index in [9.17, 15) is 4.89 Å². The van der Waals surface area contributed by atoms with Crippen LogP contribution in [0.15, 0.2) is 0 Å². The Morgan fingerprint density at radius 3 is 2.50 bits per heavy atom. The number of methoxy groups -OCH3 is 1. The number of hydrogen-bond acceptors (Lipinski definition) is 2. The van der Waals surface area contributed by atoms with Gasteiger partial charge in [0.2, 0.25) is 5.77 Å². The maximum atomic E-state index is 9.38. The summed E-state index contributed by atoms with van der Waals surface area (Å²) in [4.78, 5) is 9.38. The molecule has 2 atom stereocenters. The molecule has 0 radical (unpaired) electrons. The SMILES string of the molecule is CCC(COC)N(C)P(O)(=S)Cl. The van der Waals surface area contributed by atoms with E-state index in [1.807, 2.05) is 6.92 Å². The van der Waals surface area contributed by atoms with Crippen LogP contribution < -0.4 is 0 Å². The van der Waals surface area contributed by atoms with E-state index in [1.54, 1.807) is 18.8 Å². The maximum absolute atomic E-state index is 9.38. The lowest BCUT2D eigenvalue weighted by Crippen LogP contribution is -2.31. The van der Waals surface area contributed by atoms with E-state index in [4.69, 9.17) is 27.8 Å². The lowest BCUT2D eigenvalue weighted by atomic mass is 10.2. The van der Waals surface area contributed by atoms with Gasteiger partial charge in [0.15, 0.2) is 0 Å². The molecule has 0 amide bonds. The molecule has 0 aromatic carbocycles. The van der Waals surface area contributed by atoms with E-state index >= 15 is 0 Å². The molecule has 0 fully saturated rings. The van der Waals surface area contributed by atoms with Crippen molar-refractivity contribution >= 4 is 28.8 Å². The topological polar surface area (TPSA) is 32.7 Å². The third-order valence-electron chi connectivity index (χ3n) is 1.75. The second-order valence-electron chi connectivity index (χ2n) is 2.56. The minimum absolute atomic E-state index is 0.100. The Morgan fingerprint density at radius 2 is 2.25 bits per heavy atom. The van der Waals surface area contributed by atoms with Crippen molar-refractivity contribution in [2.24, 2.45) is 0 Å². The van der Waals surface area contributed by atoms with Crippen LogP contribution in [0.25, 0.3) is 0 Å². The van der Waals surface area contributed by atoms with Crippen LogP contribution in [-0.2, 0) is 16.5 Å². The first-order valence-electron chi connectivity index (χ1n) is 3.68. The zero-order valence-corrected chi connectivity index (χ0v) is 9.99. The summed E-state index contributed by atoms with van der Waals surface area (Å²) in [5, 5.41) is 0. The molecule has 74 valence electrons. The van der Waals surface area contributed by atoms with Gasteiger partial charge in [-0.15, -0.1) is 0 Å². The normalized spacial score (nSPS) is 19.2. The second kappa shape index (κ2) is 5.53. The van der Waals surface area contributed by atoms with Crippen LogP contribution in [-0.4, -0.2) is 36.4 Å². The van der Waals surface area contributed by atoms with Crippen molar-refractivity contribution in [3.63, 3.8) is 0 Å². The molecular weight excluding hydrogens is 217 g/mol. The zero-order valence-electron chi connectivity index (χ0n) is 7.53. The number of hydrogen-bond donors (Lipinski definition) is 1. The standard InChI is InChI=1S/C6H15ClNO2PS/c1-4-6(5-10-3)8(2)11(7,9)12/h6H,4-5H2,1-3H3,(H,9,12). The highest BCUT2D eigenvalue weighted by atomic mass is 35.7. The summed E-state index contributed by atoms with van der Waals surface area (Å²) < 4.78 is 6.59. The zero-order chi connectivity index (χ0) is 9.78. The van der Waals surface area contributed by atoms with Gasteiger partial charge in [-0.3, -0.25) is 0 Å². The first-order chi connectivity index (χ1) is 5.43. The predicted octanol–water partition coefficient (Wildman–Crippen LogP) is 1.80. The fourth-order valence-corrected chi connectivity index (χ4v) is 2.29. The Bertz CT molecular complexity index is 175. The van der Waals surface area contributed by atoms with Gasteiger partial charge in [0.25, 0.3) is 0 Å². The van der Waals surface area contributed by atoms with Gasteiger partial charge < -0.3 is 9.63 Å². The van der Waals surface area contributed by atoms with Crippen LogP contribution in [0.5, 0.6) is 0 Å². The third kappa shape index (κ3) is 4.17. The van der Waals surface area contributed by atoms with Crippen molar-refractivity contribution in [2.45, 2.75) is 19.4 Å². The third-order valence-corrected chi connectivity index (χ3v) is 4.34. The molecule has 1 N–H and O–H groups in total. The molecule has 2 unspecified atom stereocenters. The van der Waals surface area contributed by atoms with Crippen molar-refractivity contribution in [2.75, 3.05) is 20.8 Å². The Hall–Kier alpha value is 0.820. The minimum Gasteiger partial charge on any atom is -0.383 e. The van der Waals surface area contributed by atoms with Gasteiger partial charge in [-0.05, 0) is 36.5 Å². The predicted molar refractivity (Wildman–Crippen MR) is 56.1 cm³/mol. The number of ether oxygens (including phenoxy) is 1. The molecular formula is C6H15ClNO2PS. The number of likely N-dealkylation sites (N-methyl/N-ethyl adjacent to an activating group) is 1. The molecule has 0 spiro atoms. The number of halogens is 1. The summed E-state index contributed by atoms with van der Waals surface area (Å²) in [6.07, 6.45) is 0.857. The first kappa shape index (κ1) is 12.8. The molecule has 0 aliphatic heterocycles. The summed E-state index contributed by atoms with van der Waals surface area (Å²) in [6, 6.07) is 0.100. The van der Waals surface area contributed by atoms with E-state index in [1.165, 1.54) is 0 Å². The summed E-state index contributed by atoms with van der Waals surface area (Å²) in [7, 11) is 3.34. The molecule has 3 nitrogen and oxygen atoms in total. The molecule has 12 heavy (non-hydrogen) atoms. The van der Waals surface area contributed by atoms with Gasteiger partial charge in [0.05, 0.1) is 6.61 Å². The van der Waals surface area contributed by atoms with Crippen LogP contribution in [0.4, 0.5) is 0 Å². The smallest absolute Gasteiger partial charge is 0.219 e. The van der Waals surface area contributed by atoms with Crippen LogP contribution in [0, 0.1) is 0 Å². The number of rotatable bonds is 5. The molecule has 0 aromatic rings. The van der Waals surface area contributed by atoms with Crippen LogP contribution in [0.2, 0.25) is 0 Å². The van der Waals surface area contributed by atoms with E-state index < -0.39 is 5.77 Å². The molecule has 0 saturated carbocycles. The van der Waals surface area contributed by atoms with Crippen LogP contribution in [0.1, 0.15) is 13.3 Å². The highest BCUT2D eigenvalue weighted by molar-refractivity contribution is 8.23. The van der Waals surface area contributed by atoms with Gasteiger partial charge in [0.1, 0.15) is 0 Å². The Morgan fingerprint density at radius 1 is 1.75 bits per heavy atom. The van der Waals surface area contributed by atoms with Gasteiger partial charge in [0, 0.05) is 13.2 Å². The summed E-state index contributed by atoms with van der Waals surface area (Å²) >= 11 is 10.4. The average Bonchev–Trinajstić information content (AvgIpc) is 1.97. The molecule has 6 heteroatoms. The fourth-order valence-electron chi connectivity index (χ4n) is 0.884. The highest BCUT2D eigenvalue weighted by Gasteiger charge is 2.23. The van der Waals surface area contributed by atoms with E-state index in [-0.39, 0.29) is 6.04 Å². The molecule has 0 bridgehead atoms. The van der Waals surface area contributed by atoms with Gasteiger partial charge >= 0.3 is 0 Å². The Kier molecular flexibility index (Phi) is 5.91. The van der Waals surface area contributed by atoms with Crippen molar-refractivity contribution in [1.29, 1.82) is 0 Å². The molecule has 0 heterocycles. The van der Waals surface area contributed by atoms with Gasteiger partial charge in [-0.1, -0.05) is 6.92 Å². The molecule has 0 saturated heterocycles. The number of nitrogens with zero attached hydrogens (tertiary/aromatic N) is 1. The summed E-state index contributed by atoms with van der Waals surface area (Å²) in [5.41, 5.74) is 0. The molecule has 0 aliphatic carbocycles. The van der Waals surface area contributed by atoms with E-state index in [0.717, 1.165) is 6.42 Å². The largest absolute Gasteiger partial charge is 0.383 e. The van der Waals surface area contributed by atoms with E-state index in [2.05, 4.69) is 0 Å². The van der Waals surface area contributed by atoms with Crippen molar-refractivity contribution in [3.8, 4) is 0 Å². The Balaban J connectivity index is 4.21.